The van der Waals surface area contributed by atoms with Gasteiger partial charge in [0, 0.05) is 19.6 Å². The Morgan fingerprint density at radius 1 is 1.10 bits per heavy atom. The number of nitrogens with zero attached hydrogens (tertiary/aromatic N) is 1. The summed E-state index contributed by atoms with van der Waals surface area (Å²) in [4.78, 5) is 15.1. The maximum absolute atomic E-state index is 13.1. The molecule has 7 nitrogen and oxygen atoms in total. The number of nitrogens with one attached hydrogen (secondary N) is 1. The van der Waals surface area contributed by atoms with Crippen molar-refractivity contribution in [3.8, 4) is 11.5 Å². The third-order valence-corrected chi connectivity index (χ3v) is 6.71. The highest BCUT2D eigenvalue weighted by Crippen LogP contribution is 2.28. The van der Waals surface area contributed by atoms with Crippen LogP contribution in [0, 0.1) is 0 Å². The van der Waals surface area contributed by atoms with Gasteiger partial charge in [-0.05, 0) is 30.2 Å². The van der Waals surface area contributed by atoms with Crippen molar-refractivity contribution in [3.05, 3.63) is 59.7 Å². The molecule has 0 aromatic heterocycles. The molecule has 1 saturated heterocycles. The first kappa shape index (κ1) is 22.1. The molecule has 0 saturated carbocycles. The molecule has 1 N–H and O–H groups in total. The van der Waals surface area contributed by atoms with Gasteiger partial charge >= 0.3 is 0 Å². The number of benzene rings is 2. The van der Waals surface area contributed by atoms with Gasteiger partial charge in [-0.1, -0.05) is 36.4 Å². The number of hydrogen-bond acceptors (Lipinski definition) is 6. The van der Waals surface area contributed by atoms with Gasteiger partial charge in [0.2, 0.25) is 5.91 Å². The van der Waals surface area contributed by atoms with Crippen molar-refractivity contribution in [2.75, 3.05) is 38.3 Å². The average Bonchev–Trinajstić information content (AvgIpc) is 2.75. The molecule has 1 aliphatic rings. The molecular weight excluding hydrogens is 404 g/mol. The maximum Gasteiger partial charge on any atom is 0.242 e. The topological polar surface area (TPSA) is 84.9 Å². The van der Waals surface area contributed by atoms with Crippen LogP contribution in [0.15, 0.2) is 48.5 Å². The normalized spacial score (nSPS) is 17.1. The summed E-state index contributed by atoms with van der Waals surface area (Å²) >= 11 is 0. The van der Waals surface area contributed by atoms with Crippen LogP contribution in [0.1, 0.15) is 24.1 Å². The van der Waals surface area contributed by atoms with E-state index < -0.39 is 15.9 Å². The lowest BCUT2D eigenvalue weighted by Gasteiger charge is -2.33. The Balaban J connectivity index is 1.74. The molecule has 2 aromatic carbocycles. The molecule has 3 rings (SSSR count). The second-order valence-corrected chi connectivity index (χ2v) is 9.44. The minimum atomic E-state index is -3.03. The lowest BCUT2D eigenvalue weighted by atomic mass is 10.0. The van der Waals surface area contributed by atoms with Crippen molar-refractivity contribution in [1.82, 2.24) is 10.2 Å². The van der Waals surface area contributed by atoms with Gasteiger partial charge in [0.15, 0.2) is 21.3 Å². The number of carbonyl (C=O) groups is 1. The van der Waals surface area contributed by atoms with Gasteiger partial charge < -0.3 is 14.8 Å². The van der Waals surface area contributed by atoms with Crippen LogP contribution in [0.3, 0.4) is 0 Å². The predicted octanol–water partition coefficient (Wildman–Crippen LogP) is 2.18. The number of rotatable bonds is 8. The summed E-state index contributed by atoms with van der Waals surface area (Å²) in [5.41, 5.74) is 1.73. The van der Waals surface area contributed by atoms with Crippen molar-refractivity contribution in [1.29, 1.82) is 0 Å². The van der Waals surface area contributed by atoms with E-state index in [-0.39, 0.29) is 17.4 Å². The SMILES string of the molecule is CCOc1ccc(CNC(=O)C(c2ccccc2)N2CCS(=O)(=O)CC2)cc1OC. The average molecular weight is 433 g/mol. The molecular formula is C22H28N2O5S. The van der Waals surface area contributed by atoms with Crippen molar-refractivity contribution >= 4 is 15.7 Å². The fraction of sp³-hybridized carbons (Fsp3) is 0.409. The van der Waals surface area contributed by atoms with Crippen LogP contribution in [0.25, 0.3) is 0 Å². The zero-order valence-corrected chi connectivity index (χ0v) is 18.2. The summed E-state index contributed by atoms with van der Waals surface area (Å²) < 4.78 is 34.5. The predicted molar refractivity (Wildman–Crippen MR) is 115 cm³/mol. The highest BCUT2D eigenvalue weighted by molar-refractivity contribution is 7.91. The van der Waals surface area contributed by atoms with Gasteiger partial charge in [-0.2, -0.15) is 0 Å². The number of sulfone groups is 1. The fourth-order valence-corrected chi connectivity index (χ4v) is 4.76. The number of ether oxygens (including phenoxy) is 2. The third kappa shape index (κ3) is 5.52. The highest BCUT2D eigenvalue weighted by atomic mass is 32.2. The van der Waals surface area contributed by atoms with E-state index in [2.05, 4.69) is 5.32 Å². The Hall–Kier alpha value is -2.58. The molecule has 2 aromatic rings. The van der Waals surface area contributed by atoms with E-state index in [0.29, 0.717) is 37.7 Å². The Bertz CT molecular complexity index is 949. The van der Waals surface area contributed by atoms with Crippen LogP contribution >= 0.6 is 0 Å². The molecule has 0 spiro atoms. The van der Waals surface area contributed by atoms with Crippen molar-refractivity contribution in [3.63, 3.8) is 0 Å². The minimum Gasteiger partial charge on any atom is -0.493 e. The Morgan fingerprint density at radius 3 is 2.43 bits per heavy atom. The number of methoxy groups -OCH3 is 1. The number of carbonyl (C=O) groups excluding carboxylic acids is 1. The first-order valence-electron chi connectivity index (χ1n) is 10.0. The molecule has 1 unspecified atom stereocenters. The van der Waals surface area contributed by atoms with Gasteiger partial charge in [-0.3, -0.25) is 9.69 Å². The van der Waals surface area contributed by atoms with Gasteiger partial charge in [0.1, 0.15) is 6.04 Å². The summed E-state index contributed by atoms with van der Waals surface area (Å²) in [7, 11) is -1.45. The molecule has 0 aliphatic carbocycles. The van der Waals surface area contributed by atoms with Gasteiger partial charge in [0.05, 0.1) is 25.2 Å². The lowest BCUT2D eigenvalue weighted by Crippen LogP contribution is -2.47. The zero-order valence-electron chi connectivity index (χ0n) is 17.3. The van der Waals surface area contributed by atoms with E-state index in [9.17, 15) is 13.2 Å². The first-order valence-corrected chi connectivity index (χ1v) is 11.8. The Kier molecular flexibility index (Phi) is 7.33. The van der Waals surface area contributed by atoms with E-state index in [1.807, 2.05) is 60.4 Å². The quantitative estimate of drug-likeness (QED) is 0.688. The van der Waals surface area contributed by atoms with Gasteiger partial charge in [-0.15, -0.1) is 0 Å². The van der Waals surface area contributed by atoms with Crippen molar-refractivity contribution in [2.45, 2.75) is 19.5 Å². The monoisotopic (exact) mass is 432 g/mol. The number of hydrogen-bond donors (Lipinski definition) is 1. The van der Waals surface area contributed by atoms with Crippen LogP contribution in [0.2, 0.25) is 0 Å². The van der Waals surface area contributed by atoms with Crippen LogP contribution in [-0.4, -0.2) is 57.5 Å². The zero-order chi connectivity index (χ0) is 21.6. The molecule has 1 heterocycles. The number of amides is 1. The molecule has 162 valence electrons. The largest absolute Gasteiger partial charge is 0.493 e. The van der Waals surface area contributed by atoms with E-state index in [0.717, 1.165) is 11.1 Å². The Labute approximate surface area is 177 Å². The smallest absolute Gasteiger partial charge is 0.242 e. The molecule has 1 atom stereocenters. The van der Waals surface area contributed by atoms with Gasteiger partial charge in [0.25, 0.3) is 0 Å². The van der Waals surface area contributed by atoms with E-state index in [4.69, 9.17) is 9.47 Å². The summed E-state index contributed by atoms with van der Waals surface area (Å²) in [5.74, 6) is 1.25. The third-order valence-electron chi connectivity index (χ3n) is 5.10. The Morgan fingerprint density at radius 2 is 1.80 bits per heavy atom. The summed E-state index contributed by atoms with van der Waals surface area (Å²) in [5, 5.41) is 2.99. The first-order chi connectivity index (χ1) is 14.4. The molecule has 0 radical (unpaired) electrons. The van der Waals surface area contributed by atoms with Crippen LogP contribution in [-0.2, 0) is 21.2 Å². The maximum atomic E-state index is 13.1. The summed E-state index contributed by atoms with van der Waals surface area (Å²) in [6, 6.07) is 14.5. The van der Waals surface area contributed by atoms with Crippen molar-refractivity contribution in [2.24, 2.45) is 0 Å². The second-order valence-electron chi connectivity index (χ2n) is 7.14. The minimum absolute atomic E-state index is 0.0691. The molecule has 0 bridgehead atoms. The van der Waals surface area contributed by atoms with E-state index in [1.165, 1.54) is 0 Å². The van der Waals surface area contributed by atoms with E-state index in [1.54, 1.807) is 7.11 Å². The van der Waals surface area contributed by atoms with Crippen LogP contribution in [0.4, 0.5) is 0 Å². The van der Waals surface area contributed by atoms with Crippen LogP contribution < -0.4 is 14.8 Å². The summed E-state index contributed by atoms with van der Waals surface area (Å²) in [6.07, 6.45) is 0. The van der Waals surface area contributed by atoms with Gasteiger partial charge in [-0.25, -0.2) is 8.42 Å². The molecule has 1 fully saturated rings. The summed E-state index contributed by atoms with van der Waals surface area (Å²) in [6.45, 7) is 3.45. The van der Waals surface area contributed by atoms with E-state index >= 15 is 0 Å². The molecule has 8 heteroatoms. The second kappa shape index (κ2) is 9.95. The molecule has 1 aliphatic heterocycles. The molecule has 30 heavy (non-hydrogen) atoms. The molecule has 1 amide bonds. The standard InChI is InChI=1S/C22H28N2O5S/c1-3-29-19-10-9-17(15-20(19)28-2)16-23-22(25)21(18-7-5-4-6-8-18)24-11-13-30(26,27)14-12-24/h4-10,15,21H,3,11-14,16H2,1-2H3,(H,23,25). The fourth-order valence-electron chi connectivity index (χ4n) is 3.53. The van der Waals surface area contributed by atoms with Crippen molar-refractivity contribution < 1.29 is 22.7 Å². The van der Waals surface area contributed by atoms with Crippen LogP contribution in [0.5, 0.6) is 11.5 Å². The lowest BCUT2D eigenvalue weighted by molar-refractivity contribution is -0.126. The highest BCUT2D eigenvalue weighted by Gasteiger charge is 2.32.